The van der Waals surface area contributed by atoms with Crippen molar-refractivity contribution in [3.8, 4) is 11.3 Å². The van der Waals surface area contributed by atoms with Crippen LogP contribution in [0.1, 0.15) is 5.56 Å². The van der Waals surface area contributed by atoms with Crippen molar-refractivity contribution in [3.05, 3.63) is 42.1 Å². The van der Waals surface area contributed by atoms with Gasteiger partial charge in [-0.1, -0.05) is 24.3 Å². The molecular weight excluding hydrogens is 288 g/mol. The average Bonchev–Trinajstić information content (AvgIpc) is 2.56. The molecule has 1 saturated heterocycles. The smallest absolute Gasteiger partial charge is 0.226 e. The lowest BCUT2D eigenvalue weighted by atomic mass is 10.1. The van der Waals surface area contributed by atoms with Crippen molar-refractivity contribution >= 4 is 18.4 Å². The fourth-order valence-electron chi connectivity index (χ4n) is 2.24. The second kappa shape index (κ2) is 7.36. The van der Waals surface area contributed by atoms with E-state index < -0.39 is 0 Å². The van der Waals surface area contributed by atoms with Crippen LogP contribution in [0.5, 0.6) is 0 Å². The largest absolute Gasteiger partial charge is 0.378 e. The van der Waals surface area contributed by atoms with Gasteiger partial charge in [-0.15, -0.1) is 12.4 Å². The summed E-state index contributed by atoms with van der Waals surface area (Å²) in [7, 11) is 0. The van der Waals surface area contributed by atoms with Gasteiger partial charge in [-0.2, -0.15) is 0 Å². The van der Waals surface area contributed by atoms with Crippen molar-refractivity contribution in [3.63, 3.8) is 0 Å². The summed E-state index contributed by atoms with van der Waals surface area (Å²) >= 11 is 0. The van der Waals surface area contributed by atoms with Crippen LogP contribution in [0.4, 0.5) is 5.95 Å². The van der Waals surface area contributed by atoms with Crippen LogP contribution in [0.25, 0.3) is 11.3 Å². The molecule has 1 aromatic carbocycles. The molecule has 1 aromatic heterocycles. The summed E-state index contributed by atoms with van der Waals surface area (Å²) in [6.07, 6.45) is 1.81. The van der Waals surface area contributed by atoms with Crippen LogP contribution in [0, 0.1) is 0 Å². The lowest BCUT2D eigenvalue weighted by Gasteiger charge is -2.26. The van der Waals surface area contributed by atoms with Gasteiger partial charge in [-0.05, 0) is 11.6 Å². The van der Waals surface area contributed by atoms with E-state index in [9.17, 15) is 0 Å². The van der Waals surface area contributed by atoms with Crippen molar-refractivity contribution < 1.29 is 4.74 Å². The summed E-state index contributed by atoms with van der Waals surface area (Å²) < 4.78 is 5.35. The van der Waals surface area contributed by atoms with Crippen molar-refractivity contribution in [1.29, 1.82) is 0 Å². The molecule has 1 aliphatic heterocycles. The van der Waals surface area contributed by atoms with Gasteiger partial charge in [0.2, 0.25) is 5.95 Å². The zero-order chi connectivity index (χ0) is 13.8. The van der Waals surface area contributed by atoms with E-state index in [4.69, 9.17) is 10.5 Å². The SMILES string of the molecule is Cl.NCc1ccc(-c2ccnc(N3CCOCC3)n2)cc1. The predicted molar refractivity (Wildman–Crippen MR) is 85.6 cm³/mol. The van der Waals surface area contributed by atoms with Gasteiger partial charge in [-0.3, -0.25) is 0 Å². The highest BCUT2D eigenvalue weighted by Gasteiger charge is 2.14. The minimum absolute atomic E-state index is 0. The number of ether oxygens (including phenoxy) is 1. The summed E-state index contributed by atoms with van der Waals surface area (Å²) in [6.45, 7) is 3.71. The Labute approximate surface area is 130 Å². The molecule has 5 nitrogen and oxygen atoms in total. The fraction of sp³-hybridized carbons (Fsp3) is 0.333. The Morgan fingerprint density at radius 3 is 2.48 bits per heavy atom. The topological polar surface area (TPSA) is 64.3 Å². The molecule has 2 heterocycles. The first kappa shape index (κ1) is 15.7. The Kier molecular flexibility index (Phi) is 5.50. The Balaban J connectivity index is 0.00000161. The van der Waals surface area contributed by atoms with Crippen LogP contribution in [0.2, 0.25) is 0 Å². The van der Waals surface area contributed by atoms with E-state index in [-0.39, 0.29) is 12.4 Å². The third kappa shape index (κ3) is 3.69. The molecule has 21 heavy (non-hydrogen) atoms. The van der Waals surface area contributed by atoms with Crippen LogP contribution in [0.3, 0.4) is 0 Å². The minimum Gasteiger partial charge on any atom is -0.378 e. The molecule has 2 N–H and O–H groups in total. The number of hydrogen-bond acceptors (Lipinski definition) is 5. The summed E-state index contributed by atoms with van der Waals surface area (Å²) in [5.74, 6) is 0.772. The van der Waals surface area contributed by atoms with E-state index >= 15 is 0 Å². The molecule has 3 rings (SSSR count). The van der Waals surface area contributed by atoms with E-state index in [1.54, 1.807) is 0 Å². The molecule has 0 saturated carbocycles. The molecule has 1 aliphatic rings. The Morgan fingerprint density at radius 1 is 1.10 bits per heavy atom. The van der Waals surface area contributed by atoms with Gasteiger partial charge in [0.05, 0.1) is 18.9 Å². The lowest BCUT2D eigenvalue weighted by Crippen LogP contribution is -2.37. The number of nitrogens with two attached hydrogens (primary N) is 1. The minimum atomic E-state index is 0. The number of halogens is 1. The number of anilines is 1. The van der Waals surface area contributed by atoms with Crippen LogP contribution in [-0.2, 0) is 11.3 Å². The highest BCUT2D eigenvalue weighted by atomic mass is 35.5. The van der Waals surface area contributed by atoms with E-state index in [1.807, 2.05) is 36.5 Å². The molecule has 1 fully saturated rings. The van der Waals surface area contributed by atoms with Crippen molar-refractivity contribution in [2.45, 2.75) is 6.54 Å². The zero-order valence-electron chi connectivity index (χ0n) is 11.7. The van der Waals surface area contributed by atoms with E-state index in [1.165, 1.54) is 0 Å². The fourth-order valence-corrected chi connectivity index (χ4v) is 2.24. The van der Waals surface area contributed by atoms with Gasteiger partial charge < -0.3 is 15.4 Å². The van der Waals surface area contributed by atoms with Crippen LogP contribution < -0.4 is 10.6 Å². The maximum Gasteiger partial charge on any atom is 0.226 e. The molecule has 112 valence electrons. The molecule has 0 aliphatic carbocycles. The standard InChI is InChI=1S/C15H18N4O.ClH/c16-11-12-1-3-13(4-2-12)14-5-6-17-15(18-14)19-7-9-20-10-8-19;/h1-6H,7-11,16H2;1H. The van der Waals surface area contributed by atoms with Gasteiger partial charge in [0.25, 0.3) is 0 Å². The van der Waals surface area contributed by atoms with Crippen LogP contribution in [-0.4, -0.2) is 36.3 Å². The third-order valence-corrected chi connectivity index (χ3v) is 3.42. The summed E-state index contributed by atoms with van der Waals surface area (Å²) in [5.41, 5.74) is 8.76. The normalized spacial score (nSPS) is 14.6. The Morgan fingerprint density at radius 2 is 1.81 bits per heavy atom. The predicted octanol–water partition coefficient (Wildman–Crippen LogP) is 1.86. The monoisotopic (exact) mass is 306 g/mol. The van der Waals surface area contributed by atoms with Gasteiger partial charge >= 0.3 is 0 Å². The van der Waals surface area contributed by atoms with Crippen molar-refractivity contribution in [2.24, 2.45) is 5.73 Å². The van der Waals surface area contributed by atoms with E-state index in [0.29, 0.717) is 6.54 Å². The second-order valence-corrected chi connectivity index (χ2v) is 4.74. The first-order chi connectivity index (χ1) is 9.86. The molecular formula is C15H19ClN4O. The second-order valence-electron chi connectivity index (χ2n) is 4.74. The lowest BCUT2D eigenvalue weighted by molar-refractivity contribution is 0.122. The maximum absolute atomic E-state index is 5.62. The third-order valence-electron chi connectivity index (χ3n) is 3.42. The number of aromatic nitrogens is 2. The molecule has 0 bridgehead atoms. The van der Waals surface area contributed by atoms with E-state index in [2.05, 4.69) is 14.9 Å². The van der Waals surface area contributed by atoms with Crippen LogP contribution in [0.15, 0.2) is 36.5 Å². The Hall–Kier alpha value is -1.69. The van der Waals surface area contributed by atoms with Gasteiger partial charge in [0.1, 0.15) is 0 Å². The molecule has 0 amide bonds. The highest BCUT2D eigenvalue weighted by Crippen LogP contribution is 2.20. The number of hydrogen-bond donors (Lipinski definition) is 1. The molecule has 2 aromatic rings. The molecule has 6 heteroatoms. The number of rotatable bonds is 3. The molecule has 0 spiro atoms. The average molecular weight is 307 g/mol. The zero-order valence-corrected chi connectivity index (χ0v) is 12.6. The molecule has 0 radical (unpaired) electrons. The number of benzene rings is 1. The summed E-state index contributed by atoms with van der Waals surface area (Å²) in [4.78, 5) is 11.2. The number of morpholine rings is 1. The quantitative estimate of drug-likeness (QED) is 0.937. The van der Waals surface area contributed by atoms with Crippen molar-refractivity contribution in [1.82, 2.24) is 9.97 Å². The number of nitrogens with zero attached hydrogens (tertiary/aromatic N) is 3. The highest BCUT2D eigenvalue weighted by molar-refractivity contribution is 5.85. The maximum atomic E-state index is 5.62. The van der Waals surface area contributed by atoms with E-state index in [0.717, 1.165) is 49.1 Å². The molecule has 0 unspecified atom stereocenters. The summed E-state index contributed by atoms with van der Waals surface area (Å²) in [6, 6.07) is 10.1. The van der Waals surface area contributed by atoms with Gasteiger partial charge in [0.15, 0.2) is 0 Å². The van der Waals surface area contributed by atoms with Crippen molar-refractivity contribution in [2.75, 3.05) is 31.2 Å². The Bertz CT molecular complexity index is 570. The van der Waals surface area contributed by atoms with Gasteiger partial charge in [-0.25, -0.2) is 9.97 Å². The van der Waals surface area contributed by atoms with Crippen LogP contribution >= 0.6 is 12.4 Å². The first-order valence-corrected chi connectivity index (χ1v) is 6.82. The summed E-state index contributed by atoms with van der Waals surface area (Å²) in [5, 5.41) is 0. The first-order valence-electron chi connectivity index (χ1n) is 6.82. The van der Waals surface area contributed by atoms with Gasteiger partial charge in [0, 0.05) is 31.4 Å². The molecule has 0 atom stereocenters.